The molecule has 1 aromatic rings. The van der Waals surface area contributed by atoms with E-state index in [9.17, 15) is 0 Å². The SMILES string of the molecule is CC.CC.CCC(C)(C)CC(C)(C)c1ccccc1C. The van der Waals surface area contributed by atoms with Crippen LogP contribution in [-0.2, 0) is 5.41 Å². The number of rotatable bonds is 4. The largest absolute Gasteiger partial charge is 0.0683 e. The van der Waals surface area contributed by atoms with E-state index >= 15 is 0 Å². The van der Waals surface area contributed by atoms with Crippen molar-refractivity contribution in [2.24, 2.45) is 5.41 Å². The van der Waals surface area contributed by atoms with Gasteiger partial charge in [0.2, 0.25) is 0 Å². The summed E-state index contributed by atoms with van der Waals surface area (Å²) in [6, 6.07) is 8.78. The Bertz CT molecular complexity index is 345. The van der Waals surface area contributed by atoms with Gasteiger partial charge in [-0.1, -0.05) is 93.0 Å². The van der Waals surface area contributed by atoms with Crippen molar-refractivity contribution in [2.75, 3.05) is 0 Å². The molecule has 0 saturated heterocycles. The van der Waals surface area contributed by atoms with Gasteiger partial charge < -0.3 is 0 Å². The van der Waals surface area contributed by atoms with Crippen LogP contribution in [0, 0.1) is 12.3 Å². The molecule has 0 saturated carbocycles. The number of benzene rings is 1. The quantitative estimate of drug-likeness (QED) is 0.548. The lowest BCUT2D eigenvalue weighted by Gasteiger charge is -2.35. The monoisotopic (exact) mass is 278 g/mol. The van der Waals surface area contributed by atoms with Gasteiger partial charge in [-0.15, -0.1) is 0 Å². The molecule has 0 N–H and O–H groups in total. The molecule has 0 unspecified atom stereocenters. The van der Waals surface area contributed by atoms with Crippen LogP contribution < -0.4 is 0 Å². The van der Waals surface area contributed by atoms with Crippen molar-refractivity contribution in [1.82, 2.24) is 0 Å². The van der Waals surface area contributed by atoms with Crippen LogP contribution in [-0.4, -0.2) is 0 Å². The summed E-state index contributed by atoms with van der Waals surface area (Å²) in [5.74, 6) is 0. The molecule has 0 heteroatoms. The maximum absolute atomic E-state index is 2.37. The van der Waals surface area contributed by atoms with Crippen molar-refractivity contribution in [1.29, 1.82) is 0 Å². The van der Waals surface area contributed by atoms with E-state index in [1.807, 2.05) is 27.7 Å². The molecule has 0 atom stereocenters. The van der Waals surface area contributed by atoms with Crippen LogP contribution in [0.5, 0.6) is 0 Å². The summed E-state index contributed by atoms with van der Waals surface area (Å²) in [4.78, 5) is 0. The highest BCUT2D eigenvalue weighted by atomic mass is 14.3. The topological polar surface area (TPSA) is 0 Å². The van der Waals surface area contributed by atoms with Gasteiger partial charge in [-0.2, -0.15) is 0 Å². The average molecular weight is 279 g/mol. The molecule has 1 aromatic carbocycles. The Morgan fingerprint density at radius 3 is 1.70 bits per heavy atom. The van der Waals surface area contributed by atoms with Gasteiger partial charge in [0.05, 0.1) is 0 Å². The fourth-order valence-corrected chi connectivity index (χ4v) is 2.75. The molecule has 0 nitrogen and oxygen atoms in total. The molecular formula is C20H38. The molecule has 0 radical (unpaired) electrons. The Labute approximate surface area is 129 Å². The first-order chi connectivity index (χ1) is 9.28. The molecule has 0 heterocycles. The maximum Gasteiger partial charge on any atom is -0.00959 e. The lowest BCUT2D eigenvalue weighted by Crippen LogP contribution is -2.27. The fourth-order valence-electron chi connectivity index (χ4n) is 2.75. The minimum atomic E-state index is 0.269. The summed E-state index contributed by atoms with van der Waals surface area (Å²) in [5.41, 5.74) is 3.60. The summed E-state index contributed by atoms with van der Waals surface area (Å²) >= 11 is 0. The van der Waals surface area contributed by atoms with E-state index in [4.69, 9.17) is 0 Å². The first-order valence-electron chi connectivity index (χ1n) is 8.35. The van der Waals surface area contributed by atoms with Crippen molar-refractivity contribution in [3.63, 3.8) is 0 Å². The zero-order chi connectivity index (χ0) is 16.4. The third-order valence-corrected chi connectivity index (χ3v) is 3.75. The second-order valence-corrected chi connectivity index (χ2v) is 6.39. The van der Waals surface area contributed by atoms with Gasteiger partial charge in [0.25, 0.3) is 0 Å². The number of aryl methyl sites for hydroxylation is 1. The van der Waals surface area contributed by atoms with Gasteiger partial charge in [-0.3, -0.25) is 0 Å². The highest BCUT2D eigenvalue weighted by Crippen LogP contribution is 2.39. The van der Waals surface area contributed by atoms with Gasteiger partial charge in [-0.05, 0) is 35.3 Å². The molecule has 118 valence electrons. The molecule has 0 aromatic heterocycles. The maximum atomic E-state index is 2.37. The van der Waals surface area contributed by atoms with Crippen molar-refractivity contribution >= 4 is 0 Å². The van der Waals surface area contributed by atoms with E-state index in [0.29, 0.717) is 5.41 Å². The zero-order valence-corrected chi connectivity index (χ0v) is 15.7. The Morgan fingerprint density at radius 2 is 1.30 bits per heavy atom. The van der Waals surface area contributed by atoms with E-state index in [1.54, 1.807) is 0 Å². The predicted octanol–water partition coefficient (Wildman–Crippen LogP) is 7.15. The van der Waals surface area contributed by atoms with Crippen LogP contribution in [0.4, 0.5) is 0 Å². The van der Waals surface area contributed by atoms with Crippen LogP contribution in [0.2, 0.25) is 0 Å². The molecule has 0 aliphatic heterocycles. The molecule has 0 amide bonds. The second-order valence-electron chi connectivity index (χ2n) is 6.39. The Balaban J connectivity index is 0. The van der Waals surface area contributed by atoms with Gasteiger partial charge in [-0.25, -0.2) is 0 Å². The van der Waals surface area contributed by atoms with Crippen LogP contribution in [0.3, 0.4) is 0 Å². The summed E-state index contributed by atoms with van der Waals surface area (Å²) in [6.45, 7) is 22.0. The lowest BCUT2D eigenvalue weighted by atomic mass is 9.69. The standard InChI is InChI=1S/C16H26.2C2H6/c1-7-15(3,4)12-16(5,6)14-11-9-8-10-13(14)2;2*1-2/h8-11H,7,12H2,1-6H3;2*1-2H3. The predicted molar refractivity (Wildman–Crippen MR) is 95.6 cm³/mol. The summed E-state index contributed by atoms with van der Waals surface area (Å²) in [7, 11) is 0. The molecular weight excluding hydrogens is 240 g/mol. The minimum Gasteiger partial charge on any atom is -0.0683 e. The second kappa shape index (κ2) is 10.0. The molecule has 1 rings (SSSR count). The smallest absolute Gasteiger partial charge is 0.00959 e. The Kier molecular flexibility index (Phi) is 10.8. The zero-order valence-electron chi connectivity index (χ0n) is 15.7. The molecule has 0 spiro atoms. The summed E-state index contributed by atoms with van der Waals surface area (Å²) in [5, 5.41) is 0. The molecule has 0 aliphatic rings. The van der Waals surface area contributed by atoms with Gasteiger partial charge in [0.1, 0.15) is 0 Å². The van der Waals surface area contributed by atoms with E-state index in [-0.39, 0.29) is 5.41 Å². The van der Waals surface area contributed by atoms with E-state index in [2.05, 4.69) is 65.8 Å². The molecule has 0 aliphatic carbocycles. The van der Waals surface area contributed by atoms with Crippen LogP contribution >= 0.6 is 0 Å². The van der Waals surface area contributed by atoms with Crippen molar-refractivity contribution in [2.45, 2.75) is 87.5 Å². The van der Waals surface area contributed by atoms with Gasteiger partial charge in [0.15, 0.2) is 0 Å². The highest BCUT2D eigenvalue weighted by molar-refractivity contribution is 5.32. The molecule has 20 heavy (non-hydrogen) atoms. The highest BCUT2D eigenvalue weighted by Gasteiger charge is 2.29. The minimum absolute atomic E-state index is 0.269. The normalized spacial score (nSPS) is 10.9. The third kappa shape index (κ3) is 7.12. The Hall–Kier alpha value is -0.780. The van der Waals surface area contributed by atoms with E-state index in [1.165, 1.54) is 24.0 Å². The van der Waals surface area contributed by atoms with E-state index < -0.39 is 0 Å². The van der Waals surface area contributed by atoms with Crippen LogP contribution in [0.1, 0.15) is 86.3 Å². The number of hydrogen-bond donors (Lipinski definition) is 0. The van der Waals surface area contributed by atoms with Crippen molar-refractivity contribution < 1.29 is 0 Å². The van der Waals surface area contributed by atoms with Gasteiger partial charge >= 0.3 is 0 Å². The van der Waals surface area contributed by atoms with Crippen LogP contribution in [0.25, 0.3) is 0 Å². The third-order valence-electron chi connectivity index (χ3n) is 3.75. The number of hydrogen-bond acceptors (Lipinski definition) is 0. The summed E-state index contributed by atoms with van der Waals surface area (Å²) < 4.78 is 0. The average Bonchev–Trinajstić information content (AvgIpc) is 2.42. The van der Waals surface area contributed by atoms with Crippen molar-refractivity contribution in [3.8, 4) is 0 Å². The molecule has 0 bridgehead atoms. The first-order valence-corrected chi connectivity index (χ1v) is 8.35. The first kappa shape index (κ1) is 21.5. The summed E-state index contributed by atoms with van der Waals surface area (Å²) in [6.07, 6.45) is 2.48. The molecule has 0 fully saturated rings. The van der Waals surface area contributed by atoms with E-state index in [0.717, 1.165) is 0 Å². The lowest BCUT2D eigenvalue weighted by molar-refractivity contribution is 0.248. The van der Waals surface area contributed by atoms with Gasteiger partial charge in [0, 0.05) is 0 Å². The van der Waals surface area contributed by atoms with Crippen molar-refractivity contribution in [3.05, 3.63) is 35.4 Å². The van der Waals surface area contributed by atoms with Crippen LogP contribution in [0.15, 0.2) is 24.3 Å². The fraction of sp³-hybridized carbons (Fsp3) is 0.700. The Morgan fingerprint density at radius 1 is 0.850 bits per heavy atom.